The molecule has 1 nitrogen and oxygen atoms in total. The van der Waals surface area contributed by atoms with Gasteiger partial charge in [-0.05, 0) is 18.9 Å². The van der Waals surface area contributed by atoms with Crippen molar-refractivity contribution in [1.29, 1.82) is 0 Å². The second-order valence-electron chi connectivity index (χ2n) is 1.89. The van der Waals surface area contributed by atoms with E-state index in [1.165, 1.54) is 0 Å². The smallest absolute Gasteiger partial charge is 0.266 e. The van der Waals surface area contributed by atoms with Crippen molar-refractivity contribution in [2.45, 2.75) is 19.8 Å². The molecule has 0 aromatic heterocycles. The molecule has 0 bridgehead atoms. The second-order valence-corrected chi connectivity index (χ2v) is 1.89. The number of hydrogen-bond acceptors (Lipinski definition) is 1. The van der Waals surface area contributed by atoms with Crippen LogP contribution in [0, 0.1) is 0 Å². The molecule has 0 atom stereocenters. The first-order valence-electron chi connectivity index (χ1n) is 3.36. The van der Waals surface area contributed by atoms with E-state index >= 15 is 0 Å². The molecule has 0 aromatic carbocycles. The molecule has 0 aromatic rings. The zero-order chi connectivity index (χ0) is 7.82. The van der Waals surface area contributed by atoms with Crippen LogP contribution in [0.25, 0.3) is 0 Å². The molecule has 0 N–H and O–H groups in total. The fraction of sp³-hybridized carbons (Fsp3) is 0.714. The van der Waals surface area contributed by atoms with Gasteiger partial charge in [-0.25, -0.2) is 0 Å². The third-order valence-electron chi connectivity index (χ3n) is 0.909. The van der Waals surface area contributed by atoms with E-state index in [0.29, 0.717) is 19.6 Å². The molecule has 0 amide bonds. The minimum atomic E-state index is -1.62. The van der Waals surface area contributed by atoms with Crippen LogP contribution in [0.1, 0.15) is 19.8 Å². The Labute approximate surface area is 59.7 Å². The van der Waals surface area contributed by atoms with Crippen molar-refractivity contribution in [3.8, 4) is 0 Å². The first-order chi connectivity index (χ1) is 4.77. The van der Waals surface area contributed by atoms with Crippen LogP contribution in [0.2, 0.25) is 0 Å². The van der Waals surface area contributed by atoms with Gasteiger partial charge in [-0.2, -0.15) is 8.78 Å². The maximum absolute atomic E-state index is 11.3. The van der Waals surface area contributed by atoms with Crippen molar-refractivity contribution >= 4 is 0 Å². The topological polar surface area (TPSA) is 9.23 Å². The molecule has 0 fully saturated rings. The summed E-state index contributed by atoms with van der Waals surface area (Å²) in [4.78, 5) is 0. The summed E-state index contributed by atoms with van der Waals surface area (Å²) in [6.07, 6.45) is 0.486. The lowest BCUT2D eigenvalue weighted by Crippen LogP contribution is -1.93. The highest BCUT2D eigenvalue weighted by atomic mass is 19.3. The molecule has 10 heavy (non-hydrogen) atoms. The average molecular weight is 150 g/mol. The van der Waals surface area contributed by atoms with Crippen molar-refractivity contribution in [3.63, 3.8) is 0 Å². The minimum absolute atomic E-state index is 0.308. The molecule has 0 rings (SSSR count). The van der Waals surface area contributed by atoms with Gasteiger partial charge in [0.05, 0.1) is 6.61 Å². The minimum Gasteiger partial charge on any atom is -0.381 e. The number of rotatable bonds is 5. The zero-order valence-electron chi connectivity index (χ0n) is 6.07. The predicted molar refractivity (Wildman–Crippen MR) is 36.0 cm³/mol. The van der Waals surface area contributed by atoms with Crippen molar-refractivity contribution in [3.05, 3.63) is 12.2 Å². The average Bonchev–Trinajstić information content (AvgIpc) is 1.87. The molecule has 60 valence electrons. The Balaban J connectivity index is 2.98. The van der Waals surface area contributed by atoms with Crippen molar-refractivity contribution in [1.82, 2.24) is 0 Å². The summed E-state index contributed by atoms with van der Waals surface area (Å²) < 4.78 is 27.7. The molecule has 0 saturated carbocycles. The van der Waals surface area contributed by atoms with Crippen LogP contribution in [-0.2, 0) is 4.74 Å². The van der Waals surface area contributed by atoms with Crippen LogP contribution < -0.4 is 0 Å². The predicted octanol–water partition coefficient (Wildman–Crippen LogP) is 2.58. The summed E-state index contributed by atoms with van der Waals surface area (Å²) in [5, 5.41) is 0. The molecule has 0 radical (unpaired) electrons. The van der Waals surface area contributed by atoms with Crippen molar-refractivity contribution in [2.75, 3.05) is 13.2 Å². The number of halogens is 2. The summed E-state index contributed by atoms with van der Waals surface area (Å²) >= 11 is 0. The van der Waals surface area contributed by atoms with Crippen LogP contribution in [0.15, 0.2) is 12.2 Å². The summed E-state index contributed by atoms with van der Waals surface area (Å²) in [6, 6.07) is 0. The van der Waals surface area contributed by atoms with E-state index in [-0.39, 0.29) is 0 Å². The summed E-state index contributed by atoms with van der Waals surface area (Å²) in [5.41, 5.74) is 0. The maximum Gasteiger partial charge on any atom is 0.266 e. The Morgan fingerprint density at radius 3 is 2.60 bits per heavy atom. The molecule has 0 aliphatic rings. The molecule has 0 unspecified atom stereocenters. The Hall–Kier alpha value is -0.440. The monoisotopic (exact) mass is 150 g/mol. The second kappa shape index (κ2) is 6.68. The molecular formula is C7H12F2O. The summed E-state index contributed by atoms with van der Waals surface area (Å²) in [6.45, 7) is 3.03. The van der Waals surface area contributed by atoms with E-state index in [0.717, 1.165) is 12.5 Å². The number of ether oxygens (including phenoxy) is 1. The molecule has 0 saturated heterocycles. The molecule has 0 heterocycles. The lowest BCUT2D eigenvalue weighted by molar-refractivity contribution is 0.138. The first-order valence-corrected chi connectivity index (χ1v) is 3.36. The normalized spacial score (nSPS) is 9.50. The maximum atomic E-state index is 11.3. The standard InChI is InChI=1S/C7H12F2O/c1-2-5-10-6-3-4-7(8)9/h4H,2-3,5-6H2,1H3. The van der Waals surface area contributed by atoms with Gasteiger partial charge in [0, 0.05) is 6.61 Å². The SMILES string of the molecule is CCCOCCC=C(F)F. The zero-order valence-corrected chi connectivity index (χ0v) is 6.07. The third kappa shape index (κ3) is 7.56. The van der Waals surface area contributed by atoms with E-state index in [2.05, 4.69) is 0 Å². The Bertz CT molecular complexity index is 97.8. The van der Waals surface area contributed by atoms with Gasteiger partial charge < -0.3 is 4.74 Å². The van der Waals surface area contributed by atoms with Crippen molar-refractivity contribution in [2.24, 2.45) is 0 Å². The summed E-state index contributed by atoms with van der Waals surface area (Å²) in [7, 11) is 0. The molecule has 3 heteroatoms. The lowest BCUT2D eigenvalue weighted by Gasteiger charge is -1.96. The number of hydrogen-bond donors (Lipinski definition) is 0. The highest BCUT2D eigenvalue weighted by Crippen LogP contribution is 1.98. The summed E-state index contributed by atoms with van der Waals surface area (Å²) in [5.74, 6) is 0. The molecule has 0 aliphatic carbocycles. The Morgan fingerprint density at radius 2 is 2.10 bits per heavy atom. The van der Waals surface area contributed by atoms with Gasteiger partial charge in [0.2, 0.25) is 0 Å². The van der Waals surface area contributed by atoms with E-state index in [1.807, 2.05) is 6.92 Å². The van der Waals surface area contributed by atoms with Gasteiger partial charge >= 0.3 is 0 Å². The first kappa shape index (κ1) is 9.56. The third-order valence-corrected chi connectivity index (χ3v) is 0.909. The van der Waals surface area contributed by atoms with Gasteiger partial charge in [-0.1, -0.05) is 6.92 Å². The van der Waals surface area contributed by atoms with Crippen LogP contribution in [0.3, 0.4) is 0 Å². The van der Waals surface area contributed by atoms with Crippen molar-refractivity contribution < 1.29 is 13.5 Å². The molecule has 0 aliphatic heterocycles. The van der Waals surface area contributed by atoms with Gasteiger partial charge in [-0.3, -0.25) is 0 Å². The van der Waals surface area contributed by atoms with E-state index in [9.17, 15) is 8.78 Å². The van der Waals surface area contributed by atoms with Crippen LogP contribution >= 0.6 is 0 Å². The quantitative estimate of drug-likeness (QED) is 0.547. The van der Waals surface area contributed by atoms with Gasteiger partial charge in [0.15, 0.2) is 0 Å². The molecular weight excluding hydrogens is 138 g/mol. The Kier molecular flexibility index (Phi) is 6.38. The van der Waals surface area contributed by atoms with Crippen LogP contribution in [-0.4, -0.2) is 13.2 Å². The lowest BCUT2D eigenvalue weighted by atomic mass is 10.4. The van der Waals surface area contributed by atoms with Crippen LogP contribution in [0.5, 0.6) is 0 Å². The fourth-order valence-electron chi connectivity index (χ4n) is 0.498. The largest absolute Gasteiger partial charge is 0.381 e. The van der Waals surface area contributed by atoms with E-state index in [4.69, 9.17) is 4.74 Å². The highest BCUT2D eigenvalue weighted by molar-refractivity contribution is 4.79. The van der Waals surface area contributed by atoms with E-state index in [1.54, 1.807) is 0 Å². The highest BCUT2D eigenvalue weighted by Gasteiger charge is 1.87. The van der Waals surface area contributed by atoms with Gasteiger partial charge in [0.25, 0.3) is 6.08 Å². The molecule has 0 spiro atoms. The van der Waals surface area contributed by atoms with Crippen LogP contribution in [0.4, 0.5) is 8.78 Å². The fourth-order valence-corrected chi connectivity index (χ4v) is 0.498. The van der Waals surface area contributed by atoms with Gasteiger partial charge in [0.1, 0.15) is 0 Å². The van der Waals surface area contributed by atoms with Gasteiger partial charge in [-0.15, -0.1) is 0 Å². The Morgan fingerprint density at radius 1 is 1.40 bits per heavy atom. The van der Waals surface area contributed by atoms with E-state index < -0.39 is 6.08 Å².